The summed E-state index contributed by atoms with van der Waals surface area (Å²) in [5.74, 6) is 0.839. The van der Waals surface area contributed by atoms with Gasteiger partial charge in [0.15, 0.2) is 0 Å². The molecule has 11 heavy (non-hydrogen) atoms. The third-order valence-corrected chi connectivity index (χ3v) is 2.20. The molecule has 0 nitrogen and oxygen atoms in total. The zero-order chi connectivity index (χ0) is 7.94. The van der Waals surface area contributed by atoms with Crippen molar-refractivity contribution in [2.45, 2.75) is 39.0 Å². The van der Waals surface area contributed by atoms with Crippen molar-refractivity contribution in [2.75, 3.05) is 0 Å². The quantitative estimate of drug-likeness (QED) is 0.538. The number of rotatable bonds is 3. The molecule has 0 saturated carbocycles. The fraction of sp³-hybridized carbons (Fsp3) is 0.636. The molecule has 0 saturated heterocycles. The molecule has 1 aliphatic rings. The van der Waals surface area contributed by atoms with Gasteiger partial charge in [-0.25, -0.2) is 0 Å². The molecule has 0 spiro atoms. The van der Waals surface area contributed by atoms with Crippen LogP contribution in [0.1, 0.15) is 39.0 Å². The molecule has 0 aromatic rings. The smallest absolute Gasteiger partial charge is 0.0199 e. The van der Waals surface area contributed by atoms with E-state index in [9.17, 15) is 0 Å². The minimum atomic E-state index is 0.839. The highest BCUT2D eigenvalue weighted by Crippen LogP contribution is 2.20. The molecule has 0 heterocycles. The van der Waals surface area contributed by atoms with Crippen molar-refractivity contribution < 1.29 is 0 Å². The molecule has 0 radical (unpaired) electrons. The van der Waals surface area contributed by atoms with Crippen molar-refractivity contribution in [1.82, 2.24) is 0 Å². The lowest BCUT2D eigenvalue weighted by Gasteiger charge is -2.13. The Balaban J connectivity index is 2.19. The molecule has 0 aromatic carbocycles. The highest BCUT2D eigenvalue weighted by atomic mass is 14.1. The summed E-state index contributed by atoms with van der Waals surface area (Å²) in [4.78, 5) is 0. The lowest BCUT2D eigenvalue weighted by Crippen LogP contribution is -1.98. The summed E-state index contributed by atoms with van der Waals surface area (Å²) in [5, 5.41) is 0. The third kappa shape index (κ3) is 3.41. The van der Waals surface area contributed by atoms with Crippen LogP contribution in [0.3, 0.4) is 0 Å². The normalized spacial score (nSPS) is 24.6. The molecule has 0 bridgehead atoms. The fourth-order valence-corrected chi connectivity index (χ4v) is 1.52. The topological polar surface area (TPSA) is 0 Å². The fourth-order valence-electron chi connectivity index (χ4n) is 1.52. The summed E-state index contributed by atoms with van der Waals surface area (Å²) in [6, 6.07) is 0. The van der Waals surface area contributed by atoms with Gasteiger partial charge in [0.05, 0.1) is 0 Å². The molecule has 0 aliphatic heterocycles. The first-order valence-electron chi connectivity index (χ1n) is 4.75. The van der Waals surface area contributed by atoms with E-state index in [1.165, 1.54) is 32.1 Å². The van der Waals surface area contributed by atoms with Crippen LogP contribution >= 0.6 is 0 Å². The van der Waals surface area contributed by atoms with Gasteiger partial charge in [-0.05, 0) is 38.0 Å². The van der Waals surface area contributed by atoms with Gasteiger partial charge in [0.1, 0.15) is 0 Å². The summed E-state index contributed by atoms with van der Waals surface area (Å²) in [5.41, 5.74) is 0. The first-order chi connectivity index (χ1) is 5.43. The third-order valence-electron chi connectivity index (χ3n) is 2.20. The maximum Gasteiger partial charge on any atom is -0.0199 e. The van der Waals surface area contributed by atoms with E-state index in [1.807, 2.05) is 0 Å². The molecule has 0 fully saturated rings. The number of hydrogen-bond donors (Lipinski definition) is 0. The van der Waals surface area contributed by atoms with Crippen LogP contribution < -0.4 is 0 Å². The maximum atomic E-state index is 2.38. The van der Waals surface area contributed by atoms with E-state index >= 15 is 0 Å². The second-order valence-corrected chi connectivity index (χ2v) is 3.23. The zero-order valence-electron chi connectivity index (χ0n) is 7.42. The van der Waals surface area contributed by atoms with Crippen LogP contribution in [-0.2, 0) is 0 Å². The SMILES string of the molecule is CCC=CCC1C=CCCC1. The number of hydrogen-bond acceptors (Lipinski definition) is 0. The highest BCUT2D eigenvalue weighted by molar-refractivity contribution is 4.96. The Hall–Kier alpha value is -0.520. The standard InChI is InChI=1S/C11H18/c1-2-3-5-8-11-9-6-4-7-10-11/h3,5-6,9,11H,2,4,7-8,10H2,1H3. The molecule has 1 rings (SSSR count). The van der Waals surface area contributed by atoms with Crippen LogP contribution in [0.4, 0.5) is 0 Å². The Bertz CT molecular complexity index is 142. The first kappa shape index (κ1) is 8.58. The van der Waals surface area contributed by atoms with E-state index in [0.717, 1.165) is 5.92 Å². The molecule has 1 atom stereocenters. The van der Waals surface area contributed by atoms with E-state index in [-0.39, 0.29) is 0 Å². The molecular formula is C11H18. The summed E-state index contributed by atoms with van der Waals surface area (Å²) in [7, 11) is 0. The van der Waals surface area contributed by atoms with Gasteiger partial charge in [0.25, 0.3) is 0 Å². The van der Waals surface area contributed by atoms with E-state index in [0.29, 0.717) is 0 Å². The largest absolute Gasteiger partial charge is 0.0888 e. The molecule has 0 aromatic heterocycles. The van der Waals surface area contributed by atoms with Gasteiger partial charge in [0, 0.05) is 0 Å². The Morgan fingerprint density at radius 3 is 3.00 bits per heavy atom. The Labute approximate surface area is 70.0 Å². The lowest BCUT2D eigenvalue weighted by atomic mass is 9.93. The van der Waals surface area contributed by atoms with Crippen molar-refractivity contribution in [1.29, 1.82) is 0 Å². The maximum absolute atomic E-state index is 2.38. The second kappa shape index (κ2) is 5.17. The van der Waals surface area contributed by atoms with Crippen molar-refractivity contribution in [3.63, 3.8) is 0 Å². The second-order valence-electron chi connectivity index (χ2n) is 3.23. The van der Waals surface area contributed by atoms with Gasteiger partial charge in [-0.3, -0.25) is 0 Å². The lowest BCUT2D eigenvalue weighted by molar-refractivity contribution is 0.547. The molecule has 0 N–H and O–H groups in total. The van der Waals surface area contributed by atoms with E-state index in [2.05, 4.69) is 31.2 Å². The molecule has 0 amide bonds. The van der Waals surface area contributed by atoms with Gasteiger partial charge in [-0.2, -0.15) is 0 Å². The van der Waals surface area contributed by atoms with Crippen molar-refractivity contribution in [3.8, 4) is 0 Å². The summed E-state index contributed by atoms with van der Waals surface area (Å²) >= 11 is 0. The average Bonchev–Trinajstić information content (AvgIpc) is 2.07. The van der Waals surface area contributed by atoms with Crippen molar-refractivity contribution >= 4 is 0 Å². The molecule has 62 valence electrons. The summed E-state index contributed by atoms with van der Waals surface area (Å²) < 4.78 is 0. The van der Waals surface area contributed by atoms with Crippen LogP contribution in [-0.4, -0.2) is 0 Å². The molecule has 0 heteroatoms. The van der Waals surface area contributed by atoms with Gasteiger partial charge in [-0.1, -0.05) is 31.2 Å². The predicted octanol–water partition coefficient (Wildman–Crippen LogP) is 3.70. The molecule has 1 aliphatic carbocycles. The van der Waals surface area contributed by atoms with Crippen molar-refractivity contribution in [3.05, 3.63) is 24.3 Å². The first-order valence-corrected chi connectivity index (χ1v) is 4.75. The van der Waals surface area contributed by atoms with Gasteiger partial charge >= 0.3 is 0 Å². The molecular weight excluding hydrogens is 132 g/mol. The minimum Gasteiger partial charge on any atom is -0.0888 e. The molecule has 1 unspecified atom stereocenters. The van der Waals surface area contributed by atoms with Gasteiger partial charge in [-0.15, -0.1) is 0 Å². The summed E-state index contributed by atoms with van der Waals surface area (Å²) in [6.07, 6.45) is 15.8. The minimum absolute atomic E-state index is 0.839. The Morgan fingerprint density at radius 1 is 1.45 bits per heavy atom. The van der Waals surface area contributed by atoms with E-state index in [4.69, 9.17) is 0 Å². The van der Waals surface area contributed by atoms with E-state index < -0.39 is 0 Å². The van der Waals surface area contributed by atoms with Gasteiger partial charge < -0.3 is 0 Å². The van der Waals surface area contributed by atoms with Crippen LogP contribution in [0.15, 0.2) is 24.3 Å². The van der Waals surface area contributed by atoms with Crippen LogP contribution in [0.25, 0.3) is 0 Å². The van der Waals surface area contributed by atoms with Crippen LogP contribution in [0.5, 0.6) is 0 Å². The van der Waals surface area contributed by atoms with Crippen LogP contribution in [0, 0.1) is 5.92 Å². The van der Waals surface area contributed by atoms with Crippen molar-refractivity contribution in [2.24, 2.45) is 5.92 Å². The number of allylic oxidation sites excluding steroid dienone is 4. The van der Waals surface area contributed by atoms with Gasteiger partial charge in [0.2, 0.25) is 0 Å². The Kier molecular flexibility index (Phi) is 4.03. The monoisotopic (exact) mass is 150 g/mol. The van der Waals surface area contributed by atoms with E-state index in [1.54, 1.807) is 0 Å². The zero-order valence-corrected chi connectivity index (χ0v) is 7.42. The predicted molar refractivity (Wildman–Crippen MR) is 50.5 cm³/mol. The van der Waals surface area contributed by atoms with Crippen LogP contribution in [0.2, 0.25) is 0 Å². The average molecular weight is 150 g/mol. The summed E-state index contributed by atoms with van der Waals surface area (Å²) in [6.45, 7) is 2.19. The Morgan fingerprint density at radius 2 is 2.36 bits per heavy atom. The highest BCUT2D eigenvalue weighted by Gasteiger charge is 2.04.